The molecule has 2 atom stereocenters. The van der Waals surface area contributed by atoms with Crippen LogP contribution in [0.5, 0.6) is 0 Å². The minimum absolute atomic E-state index is 0.0232. The summed E-state index contributed by atoms with van der Waals surface area (Å²) in [5.74, 6) is -0.364. The largest absolute Gasteiger partial charge is 0.388 e. The number of benzene rings is 1. The average Bonchev–Trinajstić information content (AvgIpc) is 2.46. The van der Waals surface area contributed by atoms with Gasteiger partial charge in [0.25, 0.3) is 0 Å². The highest BCUT2D eigenvalue weighted by Gasteiger charge is 2.14. The molecule has 0 saturated carbocycles. The number of amides is 2. The molecule has 5 nitrogen and oxygen atoms in total. The Morgan fingerprint density at radius 2 is 1.86 bits per heavy atom. The normalized spacial score (nSPS) is 13.3. The highest BCUT2D eigenvalue weighted by Crippen LogP contribution is 2.17. The van der Waals surface area contributed by atoms with E-state index in [0.717, 1.165) is 12.0 Å². The zero-order valence-electron chi connectivity index (χ0n) is 12.6. The highest BCUT2D eigenvalue weighted by molar-refractivity contribution is 5.84. The van der Waals surface area contributed by atoms with Crippen molar-refractivity contribution in [2.75, 3.05) is 6.54 Å². The number of rotatable bonds is 8. The first-order valence-corrected chi connectivity index (χ1v) is 7.32. The molecule has 0 spiro atoms. The van der Waals surface area contributed by atoms with Crippen LogP contribution in [0.2, 0.25) is 0 Å². The predicted molar refractivity (Wildman–Crippen MR) is 81.5 cm³/mol. The van der Waals surface area contributed by atoms with Gasteiger partial charge in [-0.05, 0) is 25.3 Å². The van der Waals surface area contributed by atoms with Crippen LogP contribution in [0.1, 0.15) is 44.8 Å². The Kier molecular flexibility index (Phi) is 7.46. The standard InChI is InChI=1S/C16H24N2O3/c1-3-7-15(20)17-11-16(21)18-12(2)10-14(19)13-8-5-4-6-9-13/h4-6,8-9,12,14,19H,3,7,10-11H2,1-2H3,(H,17,20)(H,18,21). The van der Waals surface area contributed by atoms with E-state index in [-0.39, 0.29) is 24.4 Å². The number of aliphatic hydroxyl groups is 1. The Balaban J connectivity index is 2.31. The maximum atomic E-state index is 11.7. The van der Waals surface area contributed by atoms with Gasteiger partial charge in [-0.1, -0.05) is 37.3 Å². The SMILES string of the molecule is CCCC(=O)NCC(=O)NC(C)CC(O)c1ccccc1. The highest BCUT2D eigenvalue weighted by atomic mass is 16.3. The molecule has 0 aliphatic heterocycles. The van der Waals surface area contributed by atoms with E-state index >= 15 is 0 Å². The number of nitrogens with one attached hydrogen (secondary N) is 2. The Hall–Kier alpha value is -1.88. The van der Waals surface area contributed by atoms with E-state index in [1.807, 2.05) is 44.2 Å². The third kappa shape index (κ3) is 6.90. The molecule has 0 aliphatic rings. The molecule has 0 aromatic heterocycles. The van der Waals surface area contributed by atoms with Crippen LogP contribution in [0.4, 0.5) is 0 Å². The smallest absolute Gasteiger partial charge is 0.239 e. The van der Waals surface area contributed by atoms with Gasteiger partial charge in [-0.25, -0.2) is 0 Å². The number of hydrogen-bond acceptors (Lipinski definition) is 3. The van der Waals surface area contributed by atoms with E-state index in [1.54, 1.807) is 0 Å². The van der Waals surface area contributed by atoms with Crippen LogP contribution in [0.15, 0.2) is 30.3 Å². The molecule has 2 unspecified atom stereocenters. The van der Waals surface area contributed by atoms with E-state index in [1.165, 1.54) is 0 Å². The van der Waals surface area contributed by atoms with E-state index in [4.69, 9.17) is 0 Å². The fourth-order valence-corrected chi connectivity index (χ4v) is 2.03. The van der Waals surface area contributed by atoms with Gasteiger partial charge in [0.1, 0.15) is 0 Å². The molecule has 5 heteroatoms. The molecule has 0 heterocycles. The van der Waals surface area contributed by atoms with Crippen LogP contribution in [-0.4, -0.2) is 29.5 Å². The van der Waals surface area contributed by atoms with Crippen molar-refractivity contribution >= 4 is 11.8 Å². The molecule has 0 aliphatic carbocycles. The van der Waals surface area contributed by atoms with Gasteiger partial charge in [0.15, 0.2) is 0 Å². The lowest BCUT2D eigenvalue weighted by Gasteiger charge is -2.18. The summed E-state index contributed by atoms with van der Waals surface area (Å²) in [5.41, 5.74) is 0.829. The Labute approximate surface area is 125 Å². The number of carbonyl (C=O) groups excluding carboxylic acids is 2. The minimum atomic E-state index is -0.615. The second kappa shape index (κ2) is 9.13. The lowest BCUT2D eigenvalue weighted by Crippen LogP contribution is -2.41. The molecule has 0 radical (unpaired) electrons. The molecule has 3 N–H and O–H groups in total. The minimum Gasteiger partial charge on any atom is -0.388 e. The van der Waals surface area contributed by atoms with Crippen LogP contribution < -0.4 is 10.6 Å². The van der Waals surface area contributed by atoms with E-state index in [9.17, 15) is 14.7 Å². The first-order chi connectivity index (χ1) is 10.0. The van der Waals surface area contributed by atoms with Crippen molar-refractivity contribution in [2.24, 2.45) is 0 Å². The van der Waals surface area contributed by atoms with Gasteiger partial charge in [-0.2, -0.15) is 0 Å². The summed E-state index contributed by atoms with van der Waals surface area (Å²) < 4.78 is 0. The second-order valence-electron chi connectivity index (χ2n) is 5.16. The summed E-state index contributed by atoms with van der Waals surface area (Å²) in [7, 11) is 0. The van der Waals surface area contributed by atoms with E-state index in [2.05, 4.69) is 10.6 Å². The molecule has 0 saturated heterocycles. The predicted octanol–water partition coefficient (Wildman–Crippen LogP) is 1.53. The first-order valence-electron chi connectivity index (χ1n) is 7.32. The lowest BCUT2D eigenvalue weighted by atomic mass is 10.0. The molecule has 0 fully saturated rings. The van der Waals surface area contributed by atoms with Crippen molar-refractivity contribution in [1.82, 2.24) is 10.6 Å². The summed E-state index contributed by atoms with van der Waals surface area (Å²) in [4.78, 5) is 22.9. The maximum absolute atomic E-state index is 11.7. The zero-order valence-corrected chi connectivity index (χ0v) is 12.6. The second-order valence-corrected chi connectivity index (χ2v) is 5.16. The monoisotopic (exact) mass is 292 g/mol. The van der Waals surface area contributed by atoms with Crippen LogP contribution in [0.25, 0.3) is 0 Å². The molecule has 21 heavy (non-hydrogen) atoms. The fraction of sp³-hybridized carbons (Fsp3) is 0.500. The van der Waals surface area contributed by atoms with Gasteiger partial charge in [-0.15, -0.1) is 0 Å². The zero-order chi connectivity index (χ0) is 15.7. The van der Waals surface area contributed by atoms with Crippen LogP contribution in [0, 0.1) is 0 Å². The lowest BCUT2D eigenvalue weighted by molar-refractivity contribution is -0.126. The Morgan fingerprint density at radius 3 is 2.48 bits per heavy atom. The van der Waals surface area contributed by atoms with Crippen molar-refractivity contribution in [3.8, 4) is 0 Å². The molecular formula is C16H24N2O3. The summed E-state index contributed by atoms with van der Waals surface area (Å²) in [6, 6.07) is 9.15. The van der Waals surface area contributed by atoms with E-state index in [0.29, 0.717) is 12.8 Å². The number of carbonyl (C=O) groups is 2. The van der Waals surface area contributed by atoms with Gasteiger partial charge in [0, 0.05) is 12.5 Å². The molecule has 1 rings (SSSR count). The first kappa shape index (κ1) is 17.2. The topological polar surface area (TPSA) is 78.4 Å². The van der Waals surface area contributed by atoms with Crippen LogP contribution in [-0.2, 0) is 9.59 Å². The van der Waals surface area contributed by atoms with E-state index < -0.39 is 6.10 Å². The Morgan fingerprint density at radius 1 is 1.19 bits per heavy atom. The van der Waals surface area contributed by atoms with Gasteiger partial charge in [0.2, 0.25) is 11.8 Å². The fourth-order valence-electron chi connectivity index (χ4n) is 2.03. The molecule has 1 aromatic rings. The van der Waals surface area contributed by atoms with Crippen molar-refractivity contribution in [3.05, 3.63) is 35.9 Å². The van der Waals surface area contributed by atoms with Crippen molar-refractivity contribution in [2.45, 2.75) is 45.3 Å². The summed E-state index contributed by atoms with van der Waals surface area (Å²) in [5, 5.41) is 15.4. The molecule has 2 amide bonds. The average molecular weight is 292 g/mol. The molecule has 0 bridgehead atoms. The molecule has 1 aromatic carbocycles. The van der Waals surface area contributed by atoms with Crippen LogP contribution >= 0.6 is 0 Å². The van der Waals surface area contributed by atoms with Gasteiger partial charge >= 0.3 is 0 Å². The third-order valence-electron chi connectivity index (χ3n) is 3.09. The van der Waals surface area contributed by atoms with Crippen LogP contribution in [0.3, 0.4) is 0 Å². The maximum Gasteiger partial charge on any atom is 0.239 e. The van der Waals surface area contributed by atoms with Gasteiger partial charge in [0.05, 0.1) is 12.6 Å². The third-order valence-corrected chi connectivity index (χ3v) is 3.09. The molecule has 116 valence electrons. The van der Waals surface area contributed by atoms with Crippen molar-refractivity contribution in [3.63, 3.8) is 0 Å². The summed E-state index contributed by atoms with van der Waals surface area (Å²) >= 11 is 0. The molecular weight excluding hydrogens is 268 g/mol. The number of aliphatic hydroxyl groups excluding tert-OH is 1. The number of hydrogen-bond donors (Lipinski definition) is 3. The van der Waals surface area contributed by atoms with Gasteiger partial charge in [-0.3, -0.25) is 9.59 Å². The van der Waals surface area contributed by atoms with Gasteiger partial charge < -0.3 is 15.7 Å². The summed E-state index contributed by atoms with van der Waals surface area (Å²) in [6.45, 7) is 3.72. The van der Waals surface area contributed by atoms with Crippen molar-refractivity contribution < 1.29 is 14.7 Å². The quantitative estimate of drug-likeness (QED) is 0.680. The summed E-state index contributed by atoms with van der Waals surface area (Å²) in [6.07, 6.45) is 0.998. The Bertz CT molecular complexity index is 448. The van der Waals surface area contributed by atoms with Crippen molar-refractivity contribution in [1.29, 1.82) is 0 Å².